The fraction of sp³-hybridized carbons (Fsp3) is 0.100. The molecule has 0 aliphatic heterocycles. The first-order chi connectivity index (χ1) is 13.6. The van der Waals surface area contributed by atoms with Crippen molar-refractivity contribution >= 4 is 22.6 Å². The number of benzene rings is 2. The highest BCUT2D eigenvalue weighted by atomic mass is 16.6. The summed E-state index contributed by atoms with van der Waals surface area (Å²) in [5.41, 5.74) is 2.00. The number of furan rings is 1. The summed E-state index contributed by atoms with van der Waals surface area (Å²) >= 11 is 0. The van der Waals surface area contributed by atoms with Crippen LogP contribution in [0.2, 0.25) is 0 Å². The summed E-state index contributed by atoms with van der Waals surface area (Å²) in [5.74, 6) is 0.829. The largest absolute Gasteiger partial charge is 0.453 e. The molecular formula is C20H15N3O5. The molecule has 2 aromatic heterocycles. The van der Waals surface area contributed by atoms with Crippen LogP contribution in [-0.2, 0) is 17.8 Å². The van der Waals surface area contributed by atoms with Gasteiger partial charge in [-0.25, -0.2) is 0 Å². The average Bonchev–Trinajstić information content (AvgIpc) is 3.33. The highest BCUT2D eigenvalue weighted by Crippen LogP contribution is 2.28. The van der Waals surface area contributed by atoms with Gasteiger partial charge in [-0.15, -0.1) is 0 Å². The number of nitrogens with zero attached hydrogens (tertiary/aromatic N) is 2. The SMILES string of the molecule is O=C(Cc1ccc([N+](=O)[O-])cc1)NCc1cc(-c2cc3ccccc3o2)on1. The second kappa shape index (κ2) is 7.36. The van der Waals surface area contributed by atoms with Crippen molar-refractivity contribution in [2.75, 3.05) is 0 Å². The molecule has 0 saturated carbocycles. The van der Waals surface area contributed by atoms with Crippen LogP contribution in [0, 0.1) is 10.1 Å². The van der Waals surface area contributed by atoms with Crippen molar-refractivity contribution < 1.29 is 18.7 Å². The van der Waals surface area contributed by atoms with Crippen LogP contribution in [-0.4, -0.2) is 16.0 Å². The molecule has 0 atom stereocenters. The Bertz CT molecular complexity index is 1110. The Morgan fingerprint density at radius 3 is 2.61 bits per heavy atom. The van der Waals surface area contributed by atoms with Crippen molar-refractivity contribution in [3.8, 4) is 11.5 Å². The maximum absolute atomic E-state index is 12.1. The number of hydrogen-bond acceptors (Lipinski definition) is 6. The quantitative estimate of drug-likeness (QED) is 0.403. The molecule has 0 fully saturated rings. The first kappa shape index (κ1) is 17.5. The van der Waals surface area contributed by atoms with E-state index in [1.165, 1.54) is 12.1 Å². The minimum Gasteiger partial charge on any atom is -0.453 e. The molecule has 1 N–H and O–H groups in total. The summed E-state index contributed by atoms with van der Waals surface area (Å²) in [6, 6.07) is 17.1. The molecule has 28 heavy (non-hydrogen) atoms. The van der Waals surface area contributed by atoms with Crippen LogP contribution in [0.25, 0.3) is 22.5 Å². The highest BCUT2D eigenvalue weighted by molar-refractivity contribution is 5.82. The monoisotopic (exact) mass is 377 g/mol. The standard InChI is InChI=1S/C20H15N3O5/c24-20(9-13-5-7-16(8-6-13)23(25)26)21-12-15-11-19(28-22-15)18-10-14-3-1-2-4-17(14)27-18/h1-8,10-11H,9,12H2,(H,21,24). The van der Waals surface area contributed by atoms with E-state index in [-0.39, 0.29) is 24.6 Å². The fourth-order valence-corrected chi connectivity index (χ4v) is 2.79. The number of hydrogen-bond donors (Lipinski definition) is 1. The van der Waals surface area contributed by atoms with Crippen LogP contribution in [0.5, 0.6) is 0 Å². The molecule has 1 amide bonds. The van der Waals surface area contributed by atoms with Crippen LogP contribution < -0.4 is 5.32 Å². The van der Waals surface area contributed by atoms with E-state index in [0.717, 1.165) is 11.0 Å². The van der Waals surface area contributed by atoms with E-state index in [2.05, 4.69) is 10.5 Å². The number of nitrogens with one attached hydrogen (secondary N) is 1. The molecule has 4 rings (SSSR count). The first-order valence-electron chi connectivity index (χ1n) is 8.53. The number of para-hydroxylation sites is 1. The third-order valence-electron chi connectivity index (χ3n) is 4.21. The van der Waals surface area contributed by atoms with Gasteiger partial charge in [0.1, 0.15) is 11.3 Å². The molecule has 2 aromatic carbocycles. The lowest BCUT2D eigenvalue weighted by Crippen LogP contribution is -2.24. The lowest BCUT2D eigenvalue weighted by atomic mass is 10.1. The number of carbonyl (C=O) groups excluding carboxylic acids is 1. The highest BCUT2D eigenvalue weighted by Gasteiger charge is 2.13. The first-order valence-corrected chi connectivity index (χ1v) is 8.53. The summed E-state index contributed by atoms with van der Waals surface area (Å²) < 4.78 is 11.0. The van der Waals surface area contributed by atoms with Crippen molar-refractivity contribution in [2.45, 2.75) is 13.0 Å². The number of rotatable bonds is 6. The number of nitro benzene ring substituents is 1. The smallest absolute Gasteiger partial charge is 0.269 e. The molecule has 0 aliphatic rings. The molecule has 0 spiro atoms. The van der Waals surface area contributed by atoms with Gasteiger partial charge in [0.15, 0.2) is 5.76 Å². The van der Waals surface area contributed by atoms with Crippen molar-refractivity contribution in [1.29, 1.82) is 0 Å². The summed E-state index contributed by atoms with van der Waals surface area (Å²) in [6.07, 6.45) is 0.117. The summed E-state index contributed by atoms with van der Waals surface area (Å²) in [7, 11) is 0. The lowest BCUT2D eigenvalue weighted by Gasteiger charge is -2.03. The zero-order valence-electron chi connectivity index (χ0n) is 14.6. The Morgan fingerprint density at radius 1 is 1.07 bits per heavy atom. The van der Waals surface area contributed by atoms with Crippen LogP contribution in [0.3, 0.4) is 0 Å². The zero-order valence-corrected chi connectivity index (χ0v) is 14.6. The van der Waals surface area contributed by atoms with Gasteiger partial charge in [0.2, 0.25) is 11.7 Å². The van der Waals surface area contributed by atoms with Crippen molar-refractivity contribution in [3.05, 3.63) is 82.0 Å². The Morgan fingerprint density at radius 2 is 1.86 bits per heavy atom. The van der Waals surface area contributed by atoms with Gasteiger partial charge in [-0.05, 0) is 17.7 Å². The predicted molar refractivity (Wildman–Crippen MR) is 100 cm³/mol. The van der Waals surface area contributed by atoms with E-state index < -0.39 is 4.92 Å². The molecule has 0 saturated heterocycles. The van der Waals surface area contributed by atoms with Gasteiger partial charge in [-0.2, -0.15) is 0 Å². The molecule has 0 aliphatic carbocycles. The van der Waals surface area contributed by atoms with Crippen LogP contribution in [0.1, 0.15) is 11.3 Å². The zero-order chi connectivity index (χ0) is 19.5. The number of non-ortho nitro benzene ring substituents is 1. The Balaban J connectivity index is 1.36. The number of nitro groups is 1. The second-order valence-electron chi connectivity index (χ2n) is 6.21. The average molecular weight is 377 g/mol. The number of aromatic nitrogens is 1. The van der Waals surface area contributed by atoms with Crippen molar-refractivity contribution in [1.82, 2.24) is 10.5 Å². The van der Waals surface area contributed by atoms with Crippen LogP contribution in [0.4, 0.5) is 5.69 Å². The molecule has 0 bridgehead atoms. The Kier molecular flexibility index (Phi) is 4.59. The normalized spacial score (nSPS) is 10.9. The predicted octanol–water partition coefficient (Wildman–Crippen LogP) is 3.85. The third-order valence-corrected chi connectivity index (χ3v) is 4.21. The second-order valence-corrected chi connectivity index (χ2v) is 6.21. The topological polar surface area (TPSA) is 111 Å². The number of carbonyl (C=O) groups is 1. The number of amides is 1. The molecule has 2 heterocycles. The van der Waals surface area contributed by atoms with Gasteiger partial charge < -0.3 is 14.3 Å². The van der Waals surface area contributed by atoms with E-state index >= 15 is 0 Å². The van der Waals surface area contributed by atoms with Gasteiger partial charge in [0.25, 0.3) is 5.69 Å². The van der Waals surface area contributed by atoms with Gasteiger partial charge >= 0.3 is 0 Å². The minimum absolute atomic E-state index is 0.00938. The van der Waals surface area contributed by atoms with Crippen molar-refractivity contribution in [3.63, 3.8) is 0 Å². The summed E-state index contributed by atoms with van der Waals surface area (Å²) in [6.45, 7) is 0.204. The van der Waals surface area contributed by atoms with E-state index in [4.69, 9.17) is 8.94 Å². The van der Waals surface area contributed by atoms with Crippen molar-refractivity contribution in [2.24, 2.45) is 0 Å². The molecule has 0 unspecified atom stereocenters. The van der Waals surface area contributed by atoms with Gasteiger partial charge in [0, 0.05) is 23.6 Å². The molecule has 0 radical (unpaired) electrons. The van der Waals surface area contributed by atoms with Gasteiger partial charge in [-0.3, -0.25) is 14.9 Å². The molecule has 8 nitrogen and oxygen atoms in total. The molecule has 4 aromatic rings. The Labute approximate surface area is 158 Å². The summed E-state index contributed by atoms with van der Waals surface area (Å²) in [5, 5.41) is 18.3. The van der Waals surface area contributed by atoms with Gasteiger partial charge in [-0.1, -0.05) is 35.5 Å². The lowest BCUT2D eigenvalue weighted by molar-refractivity contribution is -0.384. The third kappa shape index (κ3) is 3.75. The van der Waals surface area contributed by atoms with E-state index in [0.29, 0.717) is 22.8 Å². The molecule has 140 valence electrons. The van der Waals surface area contributed by atoms with E-state index in [1.807, 2.05) is 30.3 Å². The summed E-state index contributed by atoms with van der Waals surface area (Å²) in [4.78, 5) is 22.3. The van der Waals surface area contributed by atoms with E-state index in [9.17, 15) is 14.9 Å². The fourth-order valence-electron chi connectivity index (χ4n) is 2.79. The van der Waals surface area contributed by atoms with Crippen LogP contribution >= 0.6 is 0 Å². The maximum Gasteiger partial charge on any atom is 0.269 e. The van der Waals surface area contributed by atoms with Gasteiger partial charge in [0.05, 0.1) is 17.9 Å². The Hall–Kier alpha value is -3.94. The maximum atomic E-state index is 12.1. The molecule has 8 heteroatoms. The van der Waals surface area contributed by atoms with Crippen LogP contribution in [0.15, 0.2) is 69.6 Å². The minimum atomic E-state index is -0.478. The van der Waals surface area contributed by atoms with E-state index in [1.54, 1.807) is 18.2 Å². The molecular weight excluding hydrogens is 362 g/mol. The number of fused-ring (bicyclic) bond motifs is 1.